The van der Waals surface area contributed by atoms with Crippen LogP contribution in [-0.2, 0) is 13.1 Å². The molecule has 5 rings (SSSR count). The third kappa shape index (κ3) is 3.94. The summed E-state index contributed by atoms with van der Waals surface area (Å²) in [5.74, 6) is 0.540. The van der Waals surface area contributed by atoms with Crippen molar-refractivity contribution >= 4 is 49.7 Å². The van der Waals surface area contributed by atoms with Gasteiger partial charge in [-0.25, -0.2) is 9.97 Å². The normalized spacial score (nSPS) is 16.0. The molecular weight excluding hydrogens is 402 g/mol. The number of hydrogen-bond acceptors (Lipinski definition) is 6. The predicted molar refractivity (Wildman–Crippen MR) is 121 cm³/mol. The summed E-state index contributed by atoms with van der Waals surface area (Å²) in [6.07, 6.45) is 1.53. The van der Waals surface area contributed by atoms with Crippen LogP contribution in [0.3, 0.4) is 0 Å². The SMILES string of the molecule is Nc1ncnc2cc(CN3CCN(Cc4cc5cccc(Cl)c5s4)CC3)ccc12. The molecule has 1 saturated heterocycles. The first-order chi connectivity index (χ1) is 14.2. The van der Waals surface area contributed by atoms with E-state index in [1.807, 2.05) is 29.5 Å². The highest BCUT2D eigenvalue weighted by atomic mass is 35.5. The van der Waals surface area contributed by atoms with Gasteiger partial charge >= 0.3 is 0 Å². The molecule has 1 aliphatic heterocycles. The molecule has 2 aromatic carbocycles. The molecule has 1 fully saturated rings. The number of anilines is 1. The van der Waals surface area contributed by atoms with E-state index in [9.17, 15) is 0 Å². The minimum atomic E-state index is 0.540. The van der Waals surface area contributed by atoms with Crippen LogP contribution in [0.4, 0.5) is 5.82 Å². The molecule has 0 spiro atoms. The van der Waals surface area contributed by atoms with Crippen LogP contribution in [0.25, 0.3) is 21.0 Å². The molecule has 29 heavy (non-hydrogen) atoms. The van der Waals surface area contributed by atoms with Gasteiger partial charge in [-0.1, -0.05) is 29.8 Å². The van der Waals surface area contributed by atoms with Crippen molar-refractivity contribution in [3.05, 3.63) is 64.3 Å². The second-order valence-corrected chi connectivity index (χ2v) is 9.08. The maximum absolute atomic E-state index is 6.33. The van der Waals surface area contributed by atoms with Gasteiger partial charge < -0.3 is 5.73 Å². The summed E-state index contributed by atoms with van der Waals surface area (Å²) in [5, 5.41) is 3.02. The number of piperazine rings is 1. The average molecular weight is 424 g/mol. The van der Waals surface area contributed by atoms with Crippen molar-refractivity contribution < 1.29 is 0 Å². The number of nitrogen functional groups attached to an aromatic ring is 1. The summed E-state index contributed by atoms with van der Waals surface area (Å²) in [6.45, 7) is 6.21. The van der Waals surface area contributed by atoms with Crippen LogP contribution in [0.5, 0.6) is 0 Å². The third-order valence-corrected chi connectivity index (χ3v) is 7.13. The lowest BCUT2D eigenvalue weighted by Crippen LogP contribution is -2.45. The topological polar surface area (TPSA) is 58.3 Å². The van der Waals surface area contributed by atoms with Crippen molar-refractivity contribution in [2.24, 2.45) is 0 Å². The predicted octanol–water partition coefficient (Wildman–Crippen LogP) is 4.40. The lowest BCUT2D eigenvalue weighted by molar-refractivity contribution is 0.123. The van der Waals surface area contributed by atoms with Gasteiger partial charge in [0.15, 0.2) is 0 Å². The van der Waals surface area contributed by atoms with Gasteiger partial charge in [0, 0.05) is 49.5 Å². The quantitative estimate of drug-likeness (QED) is 0.527. The Balaban J connectivity index is 1.20. The molecule has 0 amide bonds. The zero-order valence-corrected chi connectivity index (χ0v) is 17.6. The lowest BCUT2D eigenvalue weighted by atomic mass is 10.1. The lowest BCUT2D eigenvalue weighted by Gasteiger charge is -2.34. The van der Waals surface area contributed by atoms with Crippen LogP contribution in [0.1, 0.15) is 10.4 Å². The van der Waals surface area contributed by atoms with Crippen LogP contribution in [0, 0.1) is 0 Å². The second kappa shape index (κ2) is 7.88. The molecule has 2 N–H and O–H groups in total. The van der Waals surface area contributed by atoms with E-state index >= 15 is 0 Å². The minimum Gasteiger partial charge on any atom is -0.383 e. The Bertz CT molecular complexity index is 1170. The van der Waals surface area contributed by atoms with E-state index in [4.69, 9.17) is 17.3 Å². The van der Waals surface area contributed by atoms with E-state index < -0.39 is 0 Å². The van der Waals surface area contributed by atoms with Gasteiger partial charge in [-0.3, -0.25) is 9.80 Å². The Morgan fingerprint density at radius 2 is 1.76 bits per heavy atom. The second-order valence-electron chi connectivity index (χ2n) is 7.53. The van der Waals surface area contributed by atoms with Crippen molar-refractivity contribution in [2.75, 3.05) is 31.9 Å². The smallest absolute Gasteiger partial charge is 0.134 e. The monoisotopic (exact) mass is 423 g/mol. The highest BCUT2D eigenvalue weighted by Crippen LogP contribution is 2.32. The molecule has 0 saturated carbocycles. The molecule has 0 aliphatic carbocycles. The average Bonchev–Trinajstić information content (AvgIpc) is 3.14. The number of fused-ring (bicyclic) bond motifs is 2. The first-order valence-corrected chi connectivity index (χ1v) is 11.0. The van der Waals surface area contributed by atoms with Crippen LogP contribution in [0.15, 0.2) is 48.8 Å². The molecule has 7 heteroatoms. The van der Waals surface area contributed by atoms with Crippen LogP contribution in [-0.4, -0.2) is 45.9 Å². The van der Waals surface area contributed by atoms with Gasteiger partial charge in [0.1, 0.15) is 12.1 Å². The van der Waals surface area contributed by atoms with Crippen molar-refractivity contribution in [3.8, 4) is 0 Å². The summed E-state index contributed by atoms with van der Waals surface area (Å²) in [5.41, 5.74) is 8.11. The fourth-order valence-corrected chi connectivity index (χ4v) is 5.37. The maximum Gasteiger partial charge on any atom is 0.134 e. The summed E-state index contributed by atoms with van der Waals surface area (Å²) in [4.78, 5) is 14.8. The van der Waals surface area contributed by atoms with E-state index in [0.29, 0.717) is 5.82 Å². The zero-order valence-electron chi connectivity index (χ0n) is 16.0. The first-order valence-electron chi connectivity index (χ1n) is 9.76. The van der Waals surface area contributed by atoms with E-state index in [0.717, 1.165) is 55.2 Å². The fourth-order valence-electron chi connectivity index (χ4n) is 3.96. The van der Waals surface area contributed by atoms with Crippen LogP contribution in [0.2, 0.25) is 5.02 Å². The molecular formula is C22H22ClN5S. The number of halogens is 1. The molecule has 3 heterocycles. The summed E-state index contributed by atoms with van der Waals surface area (Å²) in [7, 11) is 0. The standard InChI is InChI=1S/C22H22ClN5S/c23-19-3-1-2-16-11-17(29-21(16)19)13-28-8-6-27(7-9-28)12-15-4-5-18-20(10-15)25-14-26-22(18)24/h1-5,10-11,14H,6-9,12-13H2,(H2,24,25,26). The van der Waals surface area contributed by atoms with Gasteiger partial charge in [0.2, 0.25) is 0 Å². The van der Waals surface area contributed by atoms with Gasteiger partial charge in [-0.15, -0.1) is 11.3 Å². The Morgan fingerprint density at radius 3 is 2.55 bits per heavy atom. The molecule has 4 aromatic rings. The highest BCUT2D eigenvalue weighted by Gasteiger charge is 2.18. The van der Waals surface area contributed by atoms with Gasteiger partial charge in [0.05, 0.1) is 15.2 Å². The van der Waals surface area contributed by atoms with E-state index in [1.54, 1.807) is 0 Å². The minimum absolute atomic E-state index is 0.540. The first kappa shape index (κ1) is 18.8. The molecule has 0 bridgehead atoms. The van der Waals surface area contributed by atoms with Crippen molar-refractivity contribution in [1.82, 2.24) is 19.8 Å². The third-order valence-electron chi connectivity index (χ3n) is 5.53. The number of benzene rings is 2. The van der Waals surface area contributed by atoms with Crippen molar-refractivity contribution in [2.45, 2.75) is 13.1 Å². The Morgan fingerprint density at radius 1 is 0.966 bits per heavy atom. The maximum atomic E-state index is 6.33. The molecule has 148 valence electrons. The molecule has 0 atom stereocenters. The Hall–Kier alpha value is -2.25. The number of nitrogens with two attached hydrogens (primary N) is 1. The zero-order chi connectivity index (χ0) is 19.8. The highest BCUT2D eigenvalue weighted by molar-refractivity contribution is 7.19. The van der Waals surface area contributed by atoms with Crippen molar-refractivity contribution in [3.63, 3.8) is 0 Å². The summed E-state index contributed by atoms with van der Waals surface area (Å²) in [6, 6.07) is 14.7. The molecule has 5 nitrogen and oxygen atoms in total. The van der Waals surface area contributed by atoms with E-state index in [-0.39, 0.29) is 0 Å². The number of rotatable bonds is 4. The molecule has 0 unspecified atom stereocenters. The number of hydrogen-bond donors (Lipinski definition) is 1. The van der Waals surface area contributed by atoms with Crippen LogP contribution >= 0.6 is 22.9 Å². The number of aromatic nitrogens is 2. The molecule has 1 aliphatic rings. The molecule has 0 radical (unpaired) electrons. The molecule has 2 aromatic heterocycles. The summed E-state index contributed by atoms with van der Waals surface area (Å²) < 4.78 is 1.20. The number of nitrogens with zero attached hydrogens (tertiary/aromatic N) is 4. The summed E-state index contributed by atoms with van der Waals surface area (Å²) >= 11 is 8.14. The van der Waals surface area contributed by atoms with Crippen molar-refractivity contribution in [1.29, 1.82) is 0 Å². The van der Waals surface area contributed by atoms with E-state index in [1.165, 1.54) is 26.9 Å². The van der Waals surface area contributed by atoms with Gasteiger partial charge in [-0.05, 0) is 35.2 Å². The fraction of sp³-hybridized carbons (Fsp3) is 0.273. The number of thiophene rings is 1. The van der Waals surface area contributed by atoms with E-state index in [2.05, 4.69) is 44.0 Å². The Kier molecular flexibility index (Phi) is 5.09. The van der Waals surface area contributed by atoms with Crippen LogP contribution < -0.4 is 5.73 Å². The largest absolute Gasteiger partial charge is 0.383 e. The van der Waals surface area contributed by atoms with Gasteiger partial charge in [0.25, 0.3) is 0 Å². The Labute approximate surface area is 178 Å². The van der Waals surface area contributed by atoms with Gasteiger partial charge in [-0.2, -0.15) is 0 Å².